The Morgan fingerprint density at radius 3 is 2.45 bits per heavy atom. The minimum absolute atomic E-state index is 0.141. The molecule has 0 amide bonds. The molecule has 2 fully saturated rings. The number of sulfone groups is 1. The van der Waals surface area contributed by atoms with E-state index >= 15 is 0 Å². The molecule has 5 nitrogen and oxygen atoms in total. The predicted molar refractivity (Wildman–Crippen MR) is 70.9 cm³/mol. The lowest BCUT2D eigenvalue weighted by molar-refractivity contribution is -0.145. The highest BCUT2D eigenvalue weighted by Gasteiger charge is 2.75. The summed E-state index contributed by atoms with van der Waals surface area (Å²) in [5, 5.41) is 0. The quantitative estimate of drug-likeness (QED) is 0.621. The normalized spacial score (nSPS) is 32.2. The number of hydrogen-bond acceptors (Lipinski definition) is 5. The molecular formula is C14H16O5S. The van der Waals surface area contributed by atoms with Crippen LogP contribution in [0.1, 0.15) is 19.3 Å². The maximum absolute atomic E-state index is 13.0. The highest BCUT2D eigenvalue weighted by Crippen LogP contribution is 2.56. The molecule has 1 saturated carbocycles. The van der Waals surface area contributed by atoms with Crippen molar-refractivity contribution in [3.05, 3.63) is 30.3 Å². The average molecular weight is 296 g/mol. The van der Waals surface area contributed by atoms with Crippen molar-refractivity contribution >= 4 is 15.8 Å². The van der Waals surface area contributed by atoms with Crippen LogP contribution in [-0.4, -0.2) is 38.5 Å². The van der Waals surface area contributed by atoms with Crippen LogP contribution in [0.5, 0.6) is 0 Å². The molecular weight excluding hydrogens is 280 g/mol. The Labute approximate surface area is 117 Å². The molecule has 1 saturated heterocycles. The van der Waals surface area contributed by atoms with Gasteiger partial charge in [-0.3, -0.25) is 4.79 Å². The molecule has 108 valence electrons. The second-order valence-corrected chi connectivity index (χ2v) is 7.45. The van der Waals surface area contributed by atoms with Crippen molar-refractivity contribution in [2.45, 2.75) is 34.5 Å². The number of methoxy groups -OCH3 is 1. The number of carbonyl (C=O) groups excluding carboxylic acids is 1. The maximum atomic E-state index is 13.0. The van der Waals surface area contributed by atoms with Gasteiger partial charge in [-0.1, -0.05) is 18.2 Å². The fourth-order valence-electron chi connectivity index (χ4n) is 3.26. The Kier molecular flexibility index (Phi) is 2.92. The molecule has 0 radical (unpaired) electrons. The molecule has 0 N–H and O–H groups in total. The van der Waals surface area contributed by atoms with Gasteiger partial charge >= 0.3 is 5.97 Å². The lowest BCUT2D eigenvalue weighted by Crippen LogP contribution is -2.55. The zero-order valence-electron chi connectivity index (χ0n) is 11.2. The molecule has 6 heteroatoms. The average Bonchev–Trinajstić information content (AvgIpc) is 3.13. The SMILES string of the molecule is COC(=O)C1(S(=O)(=O)c2ccccc2)CCCC12CO2. The first-order valence-corrected chi connectivity index (χ1v) is 8.01. The second-order valence-electron chi connectivity index (χ2n) is 5.27. The summed E-state index contributed by atoms with van der Waals surface area (Å²) in [5.74, 6) is -0.712. The molecule has 1 aromatic carbocycles. The van der Waals surface area contributed by atoms with Gasteiger partial charge in [-0.2, -0.15) is 0 Å². The van der Waals surface area contributed by atoms with Crippen LogP contribution in [0.15, 0.2) is 35.2 Å². The van der Waals surface area contributed by atoms with E-state index < -0.39 is 26.2 Å². The zero-order chi connectivity index (χ0) is 14.4. The molecule has 1 aliphatic heterocycles. The number of carbonyl (C=O) groups is 1. The van der Waals surface area contributed by atoms with Crippen LogP contribution in [0.2, 0.25) is 0 Å². The number of rotatable bonds is 3. The summed E-state index contributed by atoms with van der Waals surface area (Å²) >= 11 is 0. The zero-order valence-corrected chi connectivity index (χ0v) is 12.0. The Balaban J connectivity index is 2.19. The summed E-state index contributed by atoms with van der Waals surface area (Å²) in [5.41, 5.74) is -0.894. The van der Waals surface area contributed by atoms with Crippen molar-refractivity contribution in [2.24, 2.45) is 0 Å². The van der Waals surface area contributed by atoms with E-state index in [1.807, 2.05) is 0 Å². The van der Waals surface area contributed by atoms with Crippen LogP contribution in [-0.2, 0) is 24.1 Å². The smallest absolute Gasteiger partial charge is 0.330 e. The molecule has 20 heavy (non-hydrogen) atoms. The van der Waals surface area contributed by atoms with Crippen LogP contribution in [0, 0.1) is 0 Å². The van der Waals surface area contributed by atoms with Crippen molar-refractivity contribution in [1.82, 2.24) is 0 Å². The van der Waals surface area contributed by atoms with Gasteiger partial charge in [0.1, 0.15) is 5.60 Å². The van der Waals surface area contributed by atoms with E-state index in [1.165, 1.54) is 19.2 Å². The first kappa shape index (κ1) is 13.6. The number of hydrogen-bond donors (Lipinski definition) is 0. The van der Waals surface area contributed by atoms with Crippen LogP contribution in [0.3, 0.4) is 0 Å². The molecule has 0 aromatic heterocycles. The first-order valence-electron chi connectivity index (χ1n) is 6.52. The fourth-order valence-corrected chi connectivity index (χ4v) is 5.60. The van der Waals surface area contributed by atoms with Crippen molar-refractivity contribution in [3.8, 4) is 0 Å². The Bertz CT molecular complexity index is 633. The van der Waals surface area contributed by atoms with Gasteiger partial charge in [0.05, 0.1) is 18.6 Å². The van der Waals surface area contributed by atoms with E-state index in [0.717, 1.165) is 0 Å². The monoisotopic (exact) mass is 296 g/mol. The maximum Gasteiger partial charge on any atom is 0.330 e. The van der Waals surface area contributed by atoms with Crippen LogP contribution in [0.4, 0.5) is 0 Å². The molecule has 0 bridgehead atoms. The highest BCUT2D eigenvalue weighted by molar-refractivity contribution is 7.93. The molecule has 1 aromatic rings. The van der Waals surface area contributed by atoms with Gasteiger partial charge in [0.25, 0.3) is 0 Å². The van der Waals surface area contributed by atoms with Crippen molar-refractivity contribution in [3.63, 3.8) is 0 Å². The third-order valence-electron chi connectivity index (χ3n) is 4.37. The Morgan fingerprint density at radius 1 is 1.25 bits per heavy atom. The fraction of sp³-hybridized carbons (Fsp3) is 0.500. The standard InChI is InChI=1S/C14H16O5S/c1-18-12(15)14(9-5-8-13(14)10-19-13)20(16,17)11-6-3-2-4-7-11/h2-4,6-7H,5,8-10H2,1H3. The summed E-state index contributed by atoms with van der Waals surface area (Å²) in [6.45, 7) is 0.300. The lowest BCUT2D eigenvalue weighted by Gasteiger charge is -2.30. The molecule has 1 spiro atoms. The van der Waals surface area contributed by atoms with E-state index in [9.17, 15) is 13.2 Å². The van der Waals surface area contributed by atoms with Gasteiger partial charge in [-0.05, 0) is 31.4 Å². The van der Waals surface area contributed by atoms with Crippen molar-refractivity contribution in [2.75, 3.05) is 13.7 Å². The highest BCUT2D eigenvalue weighted by atomic mass is 32.2. The largest absolute Gasteiger partial charge is 0.468 e. The van der Waals surface area contributed by atoms with E-state index in [-0.39, 0.29) is 11.3 Å². The Hall–Kier alpha value is -1.40. The minimum atomic E-state index is -3.86. The Morgan fingerprint density at radius 2 is 1.90 bits per heavy atom. The van der Waals surface area contributed by atoms with E-state index in [2.05, 4.69) is 0 Å². The lowest BCUT2D eigenvalue weighted by atomic mass is 9.96. The van der Waals surface area contributed by atoms with Crippen LogP contribution in [0.25, 0.3) is 0 Å². The van der Waals surface area contributed by atoms with E-state index in [4.69, 9.17) is 9.47 Å². The third-order valence-corrected chi connectivity index (χ3v) is 6.92. The van der Waals surface area contributed by atoms with E-state index in [0.29, 0.717) is 19.4 Å². The number of esters is 1. The van der Waals surface area contributed by atoms with Crippen LogP contribution >= 0.6 is 0 Å². The number of ether oxygens (including phenoxy) is 2. The summed E-state index contributed by atoms with van der Waals surface area (Å²) < 4.78 is 34.7. The summed E-state index contributed by atoms with van der Waals surface area (Å²) in [4.78, 5) is 12.5. The number of benzene rings is 1. The second kappa shape index (κ2) is 4.30. The van der Waals surface area contributed by atoms with Gasteiger partial charge in [0.2, 0.25) is 4.75 Å². The molecule has 1 aliphatic carbocycles. The molecule has 3 rings (SSSR count). The summed E-state index contributed by atoms with van der Waals surface area (Å²) in [7, 11) is -2.64. The topological polar surface area (TPSA) is 73.0 Å². The molecule has 1 heterocycles. The summed E-state index contributed by atoms with van der Waals surface area (Å²) in [6.07, 6.45) is 1.46. The van der Waals surface area contributed by atoms with Crippen molar-refractivity contribution in [1.29, 1.82) is 0 Å². The predicted octanol–water partition coefficient (Wildman–Crippen LogP) is 1.32. The van der Waals surface area contributed by atoms with Gasteiger partial charge < -0.3 is 9.47 Å². The third kappa shape index (κ3) is 1.52. The van der Waals surface area contributed by atoms with E-state index in [1.54, 1.807) is 18.2 Å². The number of epoxide rings is 1. The molecule has 2 aliphatic rings. The van der Waals surface area contributed by atoms with Gasteiger partial charge in [0, 0.05) is 0 Å². The molecule has 2 atom stereocenters. The first-order chi connectivity index (χ1) is 9.50. The minimum Gasteiger partial charge on any atom is -0.468 e. The van der Waals surface area contributed by atoms with Gasteiger partial charge in [-0.25, -0.2) is 8.42 Å². The van der Waals surface area contributed by atoms with Crippen LogP contribution < -0.4 is 0 Å². The van der Waals surface area contributed by atoms with Gasteiger partial charge in [0.15, 0.2) is 9.84 Å². The summed E-state index contributed by atoms with van der Waals surface area (Å²) in [6, 6.07) is 8.05. The van der Waals surface area contributed by atoms with Crippen molar-refractivity contribution < 1.29 is 22.7 Å². The molecule has 2 unspecified atom stereocenters. The van der Waals surface area contributed by atoms with Gasteiger partial charge in [-0.15, -0.1) is 0 Å².